The predicted molar refractivity (Wildman–Crippen MR) is 157 cm³/mol. The van der Waals surface area contributed by atoms with Gasteiger partial charge in [0.25, 0.3) is 0 Å². The molecule has 1 saturated carbocycles. The number of piperazine rings is 1. The van der Waals surface area contributed by atoms with E-state index in [1.54, 1.807) is 6.20 Å². The third kappa shape index (κ3) is 4.57. The molecule has 2 N–H and O–H groups in total. The third-order valence-electron chi connectivity index (χ3n) is 10.4. The molecule has 0 bridgehead atoms. The molecule has 6 rings (SSSR count). The van der Waals surface area contributed by atoms with Crippen molar-refractivity contribution in [1.82, 2.24) is 4.90 Å². The molecule has 0 aromatic heterocycles. The van der Waals surface area contributed by atoms with Gasteiger partial charge in [-0.1, -0.05) is 25.1 Å². The first kappa shape index (κ1) is 29.4. The number of cyclic esters (lactones) is 1. The molecule has 0 spiro atoms. The molecule has 0 radical (unpaired) electrons. The molecular weight excluding hydrogens is 552 g/mol. The molecule has 10 heteroatoms. The van der Waals surface area contributed by atoms with Crippen molar-refractivity contribution in [3.63, 3.8) is 0 Å². The minimum Gasteiger partial charge on any atom is -0.504 e. The zero-order valence-corrected chi connectivity index (χ0v) is 25.2. The van der Waals surface area contributed by atoms with Gasteiger partial charge in [0.1, 0.15) is 12.2 Å². The number of nitrogens with zero attached hydrogens (tertiary/aromatic N) is 2. The van der Waals surface area contributed by atoms with Crippen LogP contribution in [-0.2, 0) is 28.6 Å². The Balaban J connectivity index is 1.44. The molecule has 2 heterocycles. The number of methoxy groups -OCH3 is 1. The number of rotatable bonds is 5. The van der Waals surface area contributed by atoms with Gasteiger partial charge in [0.2, 0.25) is 5.78 Å². The zero-order chi connectivity index (χ0) is 30.7. The molecule has 5 aliphatic rings. The van der Waals surface area contributed by atoms with Gasteiger partial charge in [0, 0.05) is 68.7 Å². The molecule has 6 atom stereocenters. The van der Waals surface area contributed by atoms with Crippen molar-refractivity contribution in [2.75, 3.05) is 44.8 Å². The summed E-state index contributed by atoms with van der Waals surface area (Å²) in [5.74, 6) is -2.61. The van der Waals surface area contributed by atoms with Crippen LogP contribution in [0.4, 0.5) is 5.69 Å². The normalized spacial score (nSPS) is 35.0. The Kier molecular flexibility index (Phi) is 7.41. The lowest BCUT2D eigenvalue weighted by Gasteiger charge is -2.54. The molecule has 0 amide bonds. The van der Waals surface area contributed by atoms with Crippen molar-refractivity contribution < 1.29 is 38.8 Å². The van der Waals surface area contributed by atoms with E-state index in [4.69, 9.17) is 14.2 Å². The number of esters is 2. The number of ether oxygens (including phenoxy) is 3. The van der Waals surface area contributed by atoms with Crippen LogP contribution in [0.3, 0.4) is 0 Å². The minimum atomic E-state index is -1.22. The van der Waals surface area contributed by atoms with Crippen LogP contribution < -0.4 is 4.90 Å². The molecule has 43 heavy (non-hydrogen) atoms. The first-order chi connectivity index (χ1) is 20.5. The first-order valence-corrected chi connectivity index (χ1v) is 15.0. The maximum absolute atomic E-state index is 14.2. The number of aliphatic hydroxyl groups is 2. The van der Waals surface area contributed by atoms with E-state index in [-0.39, 0.29) is 23.7 Å². The Morgan fingerprint density at radius 1 is 1.12 bits per heavy atom. The summed E-state index contributed by atoms with van der Waals surface area (Å²) in [6.45, 7) is 7.75. The number of allylic oxidation sites excluding steroid dienone is 1. The summed E-state index contributed by atoms with van der Waals surface area (Å²) in [4.78, 5) is 44.5. The highest BCUT2D eigenvalue weighted by Crippen LogP contribution is 2.63. The van der Waals surface area contributed by atoms with Crippen LogP contribution in [0.1, 0.15) is 40.0 Å². The number of carbonyl (C=O) groups excluding carboxylic acids is 3. The van der Waals surface area contributed by atoms with E-state index in [1.165, 1.54) is 14.0 Å². The number of para-hydroxylation sites is 1. The Hall–Kier alpha value is -3.63. The second-order valence-corrected chi connectivity index (χ2v) is 12.8. The Bertz CT molecular complexity index is 1430. The topological polar surface area (TPSA) is 126 Å². The Morgan fingerprint density at radius 2 is 1.81 bits per heavy atom. The molecule has 230 valence electrons. The van der Waals surface area contributed by atoms with Crippen molar-refractivity contribution in [1.29, 1.82) is 0 Å². The second kappa shape index (κ2) is 10.8. The number of hydrogen-bond acceptors (Lipinski definition) is 10. The average Bonchev–Trinajstić information content (AvgIpc) is 3.27. The summed E-state index contributed by atoms with van der Waals surface area (Å²) >= 11 is 0. The predicted octanol–water partition coefficient (Wildman–Crippen LogP) is 3.07. The fraction of sp³-hybridized carbons (Fsp3) is 0.545. The number of hydrogen-bond donors (Lipinski definition) is 2. The molecule has 3 aliphatic carbocycles. The summed E-state index contributed by atoms with van der Waals surface area (Å²) in [5.41, 5.74) is 0.367. The molecule has 1 aromatic carbocycles. The summed E-state index contributed by atoms with van der Waals surface area (Å²) < 4.78 is 17.4. The lowest BCUT2D eigenvalue weighted by atomic mass is 9.53. The average molecular weight is 593 g/mol. The van der Waals surface area contributed by atoms with Gasteiger partial charge < -0.3 is 34.2 Å². The quantitative estimate of drug-likeness (QED) is 0.389. The smallest absolute Gasteiger partial charge is 0.340 e. The SMILES string of the molecule is COC[C@H]1OC(=O)C(=CN2CCN(c3ccccc3)CC2)C2=C(O)C(=O)C3=C([C@H](OC(C)=O)C[C@@]4(C)C3CC[C@@H]4O)[C@]21C. The summed E-state index contributed by atoms with van der Waals surface area (Å²) in [5, 5.41) is 22.7. The number of Topliss-reactive ketones (excluding diaryl/α,β-unsaturated/α-hetero) is 1. The van der Waals surface area contributed by atoms with Crippen LogP contribution in [0, 0.1) is 16.7 Å². The van der Waals surface area contributed by atoms with Crippen LogP contribution in [0.5, 0.6) is 0 Å². The first-order valence-electron chi connectivity index (χ1n) is 15.0. The molecular formula is C33H40N2O8. The van der Waals surface area contributed by atoms with Crippen LogP contribution in [0.15, 0.2) is 64.6 Å². The number of anilines is 1. The van der Waals surface area contributed by atoms with Crippen LogP contribution in [0.25, 0.3) is 0 Å². The molecule has 2 saturated heterocycles. The summed E-state index contributed by atoms with van der Waals surface area (Å²) in [6.07, 6.45) is 0.610. The van der Waals surface area contributed by atoms with E-state index in [0.717, 1.165) is 18.8 Å². The number of carbonyl (C=O) groups is 3. The van der Waals surface area contributed by atoms with Gasteiger partial charge in [-0.05, 0) is 49.8 Å². The molecule has 10 nitrogen and oxygen atoms in total. The van der Waals surface area contributed by atoms with E-state index in [1.807, 2.05) is 36.9 Å². The number of ketones is 1. The highest BCUT2D eigenvalue weighted by atomic mass is 16.6. The van der Waals surface area contributed by atoms with Crippen molar-refractivity contribution in [2.45, 2.75) is 58.3 Å². The van der Waals surface area contributed by atoms with E-state index in [9.17, 15) is 24.6 Å². The van der Waals surface area contributed by atoms with Gasteiger partial charge in [-0.2, -0.15) is 0 Å². The number of benzene rings is 1. The van der Waals surface area contributed by atoms with Crippen LogP contribution >= 0.6 is 0 Å². The standard InChI is InChI=1S/C33H40N2O8/c1-19(36)42-23-16-32(2)22(10-11-24(32)37)26-28(23)33(3)25(18-41-4)43-31(40)21(27(33)30(39)29(26)38)17-34-12-14-35(15-13-34)20-8-6-5-7-9-20/h5-9,17,22-25,37,39H,10-16,18H2,1-4H3/t22?,23-,24+,25-,32+,33+/m1/s1. The summed E-state index contributed by atoms with van der Waals surface area (Å²) in [7, 11) is 1.50. The lowest BCUT2D eigenvalue weighted by molar-refractivity contribution is -0.161. The Labute approximate surface area is 251 Å². The van der Waals surface area contributed by atoms with Crippen LogP contribution in [-0.4, -0.2) is 91.0 Å². The van der Waals surface area contributed by atoms with E-state index >= 15 is 0 Å². The van der Waals surface area contributed by atoms with Crippen molar-refractivity contribution in [2.24, 2.45) is 16.7 Å². The van der Waals surface area contributed by atoms with Gasteiger partial charge in [0.05, 0.1) is 23.7 Å². The maximum atomic E-state index is 14.2. The largest absolute Gasteiger partial charge is 0.504 e. The van der Waals surface area contributed by atoms with Gasteiger partial charge in [-0.25, -0.2) is 4.79 Å². The highest BCUT2D eigenvalue weighted by molar-refractivity contribution is 6.13. The van der Waals surface area contributed by atoms with Crippen molar-refractivity contribution in [3.05, 3.63) is 64.6 Å². The molecule has 3 fully saturated rings. The monoisotopic (exact) mass is 592 g/mol. The van der Waals surface area contributed by atoms with E-state index < -0.39 is 52.6 Å². The Morgan fingerprint density at radius 3 is 2.47 bits per heavy atom. The van der Waals surface area contributed by atoms with Gasteiger partial charge in [0.15, 0.2) is 5.76 Å². The zero-order valence-electron chi connectivity index (χ0n) is 25.2. The fourth-order valence-corrected chi connectivity index (χ4v) is 8.20. The number of fused-ring (bicyclic) bond motifs is 4. The van der Waals surface area contributed by atoms with Crippen LogP contribution in [0.2, 0.25) is 0 Å². The van der Waals surface area contributed by atoms with Crippen molar-refractivity contribution >= 4 is 23.4 Å². The summed E-state index contributed by atoms with van der Waals surface area (Å²) in [6, 6.07) is 10.1. The highest BCUT2D eigenvalue weighted by Gasteiger charge is 2.64. The fourth-order valence-electron chi connectivity index (χ4n) is 8.20. The third-order valence-corrected chi connectivity index (χ3v) is 10.4. The van der Waals surface area contributed by atoms with E-state index in [2.05, 4.69) is 17.0 Å². The second-order valence-electron chi connectivity index (χ2n) is 12.8. The molecule has 1 unspecified atom stereocenters. The van der Waals surface area contributed by atoms with Gasteiger partial charge >= 0.3 is 11.9 Å². The van der Waals surface area contributed by atoms with Crippen molar-refractivity contribution in [3.8, 4) is 0 Å². The molecule has 1 aromatic rings. The molecule has 2 aliphatic heterocycles. The minimum absolute atomic E-state index is 0.00434. The van der Waals surface area contributed by atoms with Gasteiger partial charge in [-0.15, -0.1) is 0 Å². The number of aliphatic hydroxyl groups excluding tert-OH is 2. The maximum Gasteiger partial charge on any atom is 0.340 e. The lowest BCUT2D eigenvalue weighted by Crippen LogP contribution is -2.57. The van der Waals surface area contributed by atoms with Gasteiger partial charge in [-0.3, -0.25) is 9.59 Å². The van der Waals surface area contributed by atoms with E-state index in [0.29, 0.717) is 43.5 Å².